The number of quaternary nitrogens is 1. The predicted molar refractivity (Wildman–Crippen MR) is 173 cm³/mol. The van der Waals surface area contributed by atoms with Crippen LogP contribution in [0.5, 0.6) is 0 Å². The van der Waals surface area contributed by atoms with Crippen LogP contribution in [0.1, 0.15) is 167 Å². The van der Waals surface area contributed by atoms with Gasteiger partial charge < -0.3 is 19.8 Å². The summed E-state index contributed by atoms with van der Waals surface area (Å²) in [6.07, 6.45) is 30.4. The molecule has 0 amide bonds. The van der Waals surface area contributed by atoms with E-state index in [1.807, 2.05) is 0 Å². The number of unbranched alkanes of at least 4 members (excludes halogenated alkanes) is 17. The molecule has 0 heterocycles. The summed E-state index contributed by atoms with van der Waals surface area (Å²) >= 11 is 0. The lowest BCUT2D eigenvalue weighted by Crippen LogP contribution is -2.51. The summed E-state index contributed by atoms with van der Waals surface area (Å²) < 4.78 is 0.862. The van der Waals surface area contributed by atoms with Gasteiger partial charge in [-0.05, 0) is 77.0 Å². The Labute approximate surface area is 257 Å². The molecule has 0 saturated carbocycles. The van der Waals surface area contributed by atoms with E-state index in [0.717, 1.165) is 62.8 Å². The number of carbonyl (C=O) groups is 3. The Hall–Kier alpha value is -1.89. The molecule has 0 aliphatic carbocycles. The van der Waals surface area contributed by atoms with E-state index in [1.165, 1.54) is 89.9 Å². The van der Waals surface area contributed by atoms with Gasteiger partial charge in [0.05, 0.1) is 26.2 Å². The lowest BCUT2D eigenvalue weighted by atomic mass is 10.1. The van der Waals surface area contributed by atoms with Gasteiger partial charge in [0.25, 0.3) is 0 Å². The fraction of sp³-hybridized carbons (Fsp3) is 0.857. The van der Waals surface area contributed by atoms with Crippen molar-refractivity contribution in [1.82, 2.24) is 0 Å². The number of carboxylic acid groups (broad SMARTS) is 3. The van der Waals surface area contributed by atoms with Gasteiger partial charge in [-0.25, -0.2) is 0 Å². The summed E-state index contributed by atoms with van der Waals surface area (Å²) in [7, 11) is 0. The molecule has 246 valence electrons. The number of hydrogen-bond acceptors (Lipinski definition) is 3. The highest BCUT2D eigenvalue weighted by Gasteiger charge is 2.26. The molecule has 0 aliphatic rings. The summed E-state index contributed by atoms with van der Waals surface area (Å²) in [5, 5.41) is 27.1. The van der Waals surface area contributed by atoms with Gasteiger partial charge in [-0.2, -0.15) is 0 Å². The lowest BCUT2D eigenvalue weighted by molar-refractivity contribution is -0.929. The van der Waals surface area contributed by atoms with E-state index in [1.54, 1.807) is 0 Å². The quantitative estimate of drug-likeness (QED) is 0.0395. The Kier molecular flexibility index (Phi) is 27.9. The molecule has 0 unspecified atom stereocenters. The van der Waals surface area contributed by atoms with Gasteiger partial charge >= 0.3 is 17.9 Å². The molecule has 0 radical (unpaired) electrons. The first-order chi connectivity index (χ1) is 20.3. The number of nitrogens with zero attached hydrogens (tertiary/aromatic N) is 1. The highest BCUT2D eigenvalue weighted by atomic mass is 16.4. The summed E-state index contributed by atoms with van der Waals surface area (Å²) in [5.74, 6) is -2.31. The molecule has 0 fully saturated rings. The fourth-order valence-electron chi connectivity index (χ4n) is 5.89. The normalized spacial score (nSPS) is 11.8. The van der Waals surface area contributed by atoms with Gasteiger partial charge in [0.2, 0.25) is 0 Å². The topological polar surface area (TPSA) is 112 Å². The Morgan fingerprint density at radius 3 is 1.05 bits per heavy atom. The van der Waals surface area contributed by atoms with Crippen molar-refractivity contribution >= 4 is 17.9 Å². The molecule has 0 aromatic rings. The van der Waals surface area contributed by atoms with Crippen molar-refractivity contribution < 1.29 is 34.2 Å². The maximum atomic E-state index is 11.0. The Balaban J connectivity index is 4.37. The second-order valence-electron chi connectivity index (χ2n) is 12.4. The minimum atomic E-state index is -0.769. The third-order valence-electron chi connectivity index (χ3n) is 8.46. The van der Waals surface area contributed by atoms with E-state index in [0.29, 0.717) is 19.3 Å². The Morgan fingerprint density at radius 2 is 0.714 bits per heavy atom. The van der Waals surface area contributed by atoms with Gasteiger partial charge in [0.15, 0.2) is 0 Å². The first-order valence-corrected chi connectivity index (χ1v) is 17.5. The molecule has 0 aromatic carbocycles. The van der Waals surface area contributed by atoms with Crippen molar-refractivity contribution in [3.8, 4) is 0 Å². The van der Waals surface area contributed by atoms with E-state index in [2.05, 4.69) is 19.1 Å². The zero-order valence-corrected chi connectivity index (χ0v) is 27.2. The van der Waals surface area contributed by atoms with Crippen LogP contribution in [-0.2, 0) is 14.4 Å². The maximum absolute atomic E-state index is 11.0. The second kappa shape index (κ2) is 29.2. The van der Waals surface area contributed by atoms with Crippen LogP contribution in [-0.4, -0.2) is 63.9 Å². The number of aliphatic carboxylic acids is 3. The molecule has 0 saturated heterocycles. The molecule has 42 heavy (non-hydrogen) atoms. The summed E-state index contributed by atoms with van der Waals surface area (Å²) in [6.45, 7) is 5.93. The van der Waals surface area contributed by atoms with Gasteiger partial charge in [0, 0.05) is 19.3 Å². The molecule has 0 aromatic heterocycles. The molecule has 7 heteroatoms. The van der Waals surface area contributed by atoms with E-state index in [4.69, 9.17) is 15.3 Å². The van der Waals surface area contributed by atoms with E-state index in [-0.39, 0.29) is 19.3 Å². The highest BCUT2D eigenvalue weighted by molar-refractivity contribution is 5.67. The van der Waals surface area contributed by atoms with Crippen molar-refractivity contribution in [2.24, 2.45) is 0 Å². The van der Waals surface area contributed by atoms with Crippen LogP contribution >= 0.6 is 0 Å². The van der Waals surface area contributed by atoms with Crippen molar-refractivity contribution in [3.05, 3.63) is 12.2 Å². The van der Waals surface area contributed by atoms with Crippen LogP contribution in [0.25, 0.3) is 0 Å². The number of allylic oxidation sites excluding steroid dienone is 2. The number of rotatable bonds is 33. The first-order valence-electron chi connectivity index (χ1n) is 17.5. The monoisotopic (exact) mass is 596 g/mol. The largest absolute Gasteiger partial charge is 0.481 e. The molecular weight excluding hydrogens is 530 g/mol. The molecule has 7 nitrogen and oxygen atoms in total. The smallest absolute Gasteiger partial charge is 0.303 e. The molecule has 0 aliphatic heterocycles. The minimum Gasteiger partial charge on any atom is -0.481 e. The average Bonchev–Trinajstić information content (AvgIpc) is 2.94. The molecule has 0 spiro atoms. The SMILES string of the molecule is CCCCCCCCCCC/C=C/CCCCCCC[N+](CCCCC(=O)O)(CCCCC(=O)O)CCCCC(=O)O. The fourth-order valence-corrected chi connectivity index (χ4v) is 5.89. The molecule has 0 atom stereocenters. The number of carboxylic acids is 3. The van der Waals surface area contributed by atoms with Crippen LogP contribution in [0.2, 0.25) is 0 Å². The zero-order chi connectivity index (χ0) is 31.2. The molecular formula is C35H66NO6+. The van der Waals surface area contributed by atoms with Crippen molar-refractivity contribution in [2.75, 3.05) is 26.2 Å². The minimum absolute atomic E-state index is 0.172. The summed E-state index contributed by atoms with van der Waals surface area (Å²) in [5.41, 5.74) is 0. The Morgan fingerprint density at radius 1 is 0.429 bits per heavy atom. The third-order valence-corrected chi connectivity index (χ3v) is 8.46. The van der Waals surface area contributed by atoms with Gasteiger partial charge in [-0.15, -0.1) is 0 Å². The van der Waals surface area contributed by atoms with Crippen molar-refractivity contribution in [2.45, 2.75) is 167 Å². The van der Waals surface area contributed by atoms with Crippen molar-refractivity contribution in [1.29, 1.82) is 0 Å². The predicted octanol–water partition coefficient (Wildman–Crippen LogP) is 9.39. The van der Waals surface area contributed by atoms with Crippen LogP contribution in [0.4, 0.5) is 0 Å². The van der Waals surface area contributed by atoms with Gasteiger partial charge in [0.1, 0.15) is 0 Å². The van der Waals surface area contributed by atoms with Gasteiger partial charge in [-0.1, -0.05) is 83.3 Å². The third kappa shape index (κ3) is 28.2. The van der Waals surface area contributed by atoms with E-state index >= 15 is 0 Å². The number of hydrogen-bond donors (Lipinski definition) is 3. The van der Waals surface area contributed by atoms with Crippen LogP contribution < -0.4 is 0 Å². The highest BCUT2D eigenvalue weighted by Crippen LogP contribution is 2.19. The maximum Gasteiger partial charge on any atom is 0.303 e. The van der Waals surface area contributed by atoms with Gasteiger partial charge in [-0.3, -0.25) is 14.4 Å². The zero-order valence-electron chi connectivity index (χ0n) is 27.2. The van der Waals surface area contributed by atoms with E-state index < -0.39 is 17.9 Å². The molecule has 0 rings (SSSR count). The second-order valence-corrected chi connectivity index (χ2v) is 12.4. The van der Waals surface area contributed by atoms with Crippen LogP contribution in [0.3, 0.4) is 0 Å². The standard InChI is InChI=1S/C35H65NO6/c1-2-3-4-5-6-7-8-9-10-11-12-13-14-15-16-17-18-22-29-36(30-23-19-26-33(37)38,31-24-20-27-34(39)40)32-25-21-28-35(41)42/h12-13H,2-11,14-32H2,1H3,(H2-,37,38,39,40,41,42)/p+1/b13-12+. The van der Waals surface area contributed by atoms with E-state index in [9.17, 15) is 14.4 Å². The van der Waals surface area contributed by atoms with Crippen LogP contribution in [0, 0.1) is 0 Å². The Bertz CT molecular complexity index is 638. The first kappa shape index (κ1) is 40.1. The molecule has 3 N–H and O–H groups in total. The molecule has 0 bridgehead atoms. The van der Waals surface area contributed by atoms with Crippen LogP contribution in [0.15, 0.2) is 12.2 Å². The average molecular weight is 597 g/mol. The summed E-state index contributed by atoms with van der Waals surface area (Å²) in [6, 6.07) is 0. The lowest BCUT2D eigenvalue weighted by Gasteiger charge is -2.39. The van der Waals surface area contributed by atoms with Crippen molar-refractivity contribution in [3.63, 3.8) is 0 Å². The summed E-state index contributed by atoms with van der Waals surface area (Å²) in [4.78, 5) is 33.0.